The van der Waals surface area contributed by atoms with Crippen LogP contribution < -0.4 is 10.5 Å². The molecule has 1 aromatic rings. The maximum atomic E-state index is 12.9. The number of rotatable bonds is 3. The van der Waals surface area contributed by atoms with Gasteiger partial charge in [0, 0.05) is 12.0 Å². The summed E-state index contributed by atoms with van der Waals surface area (Å²) in [6, 6.07) is 2.36. The van der Waals surface area contributed by atoms with Crippen LogP contribution in [-0.2, 0) is 46.8 Å². The topological polar surface area (TPSA) is 84.6 Å². The van der Waals surface area contributed by atoms with E-state index in [1.807, 2.05) is 0 Å². The van der Waals surface area contributed by atoms with E-state index >= 15 is 0 Å². The van der Waals surface area contributed by atoms with Crippen LogP contribution in [0.4, 0.5) is 0 Å². The van der Waals surface area contributed by atoms with Gasteiger partial charge in [-0.2, -0.15) is 0 Å². The summed E-state index contributed by atoms with van der Waals surface area (Å²) in [5.41, 5.74) is 6.77. The van der Waals surface area contributed by atoms with E-state index in [1.54, 1.807) is 0 Å². The number of amides is 1. The van der Waals surface area contributed by atoms with Crippen molar-refractivity contribution in [1.82, 2.24) is 5.32 Å². The third-order valence-electron chi connectivity index (χ3n) is 6.97. The van der Waals surface area contributed by atoms with E-state index in [0.29, 0.717) is 0 Å². The zero-order valence-electron chi connectivity index (χ0n) is 15.2. The van der Waals surface area contributed by atoms with Crippen LogP contribution in [0.5, 0.6) is 0 Å². The fourth-order valence-electron chi connectivity index (χ4n) is 5.55. The Labute approximate surface area is 155 Å². The van der Waals surface area contributed by atoms with Crippen molar-refractivity contribution in [3.63, 3.8) is 0 Å². The van der Waals surface area contributed by atoms with E-state index in [-0.39, 0.29) is 23.0 Å². The number of hydrogen-bond acceptors (Lipinski definition) is 3. The number of benzene rings is 1. The number of fused-ring (bicyclic) bond motifs is 2. The summed E-state index contributed by atoms with van der Waals surface area (Å²) >= 11 is 0. The molecule has 0 bridgehead atoms. The summed E-state index contributed by atoms with van der Waals surface area (Å²) in [4.78, 5) is 12.7. The summed E-state index contributed by atoms with van der Waals surface area (Å²) in [6.45, 7) is 1.80. The van der Waals surface area contributed by atoms with E-state index in [1.165, 1.54) is 40.7 Å². The highest BCUT2D eigenvalue weighted by Gasteiger charge is 2.60. The molecule has 140 valence electrons. The maximum absolute atomic E-state index is 12.9. The Morgan fingerprint density at radius 2 is 1.92 bits per heavy atom. The van der Waals surface area contributed by atoms with Gasteiger partial charge in [-0.15, -0.1) is 4.36 Å². The molecule has 0 radical (unpaired) electrons. The largest absolute Gasteiger partial charge is 0.316 e. The van der Waals surface area contributed by atoms with Crippen LogP contribution in [0.25, 0.3) is 0 Å². The zero-order chi connectivity index (χ0) is 17.9. The van der Waals surface area contributed by atoms with E-state index in [9.17, 15) is 9.00 Å². The number of carbonyl (C=O) groups is 1. The Kier molecular flexibility index (Phi) is 3.82. The Morgan fingerprint density at radius 1 is 1.23 bits per heavy atom. The minimum Gasteiger partial charge on any atom is -0.316 e. The zero-order valence-corrected chi connectivity index (χ0v) is 16.0. The summed E-state index contributed by atoms with van der Waals surface area (Å²) < 4.78 is 17.0. The molecule has 1 aromatic carbocycles. The van der Waals surface area contributed by atoms with Crippen LogP contribution in [-0.4, -0.2) is 28.5 Å². The highest BCUT2D eigenvalue weighted by atomic mass is 32.2. The molecule has 3 atom stereocenters. The van der Waals surface area contributed by atoms with Crippen molar-refractivity contribution in [2.24, 2.45) is 14.9 Å². The van der Waals surface area contributed by atoms with Crippen LogP contribution >= 0.6 is 0 Å². The molecule has 2 fully saturated rings. The quantitative estimate of drug-likeness (QED) is 0.848. The molecule has 1 saturated carbocycles. The van der Waals surface area contributed by atoms with Crippen LogP contribution in [0.3, 0.4) is 0 Å². The van der Waals surface area contributed by atoms with Crippen LogP contribution in [0.15, 0.2) is 10.4 Å². The van der Waals surface area contributed by atoms with Crippen molar-refractivity contribution in [3.8, 4) is 0 Å². The molecule has 4 aliphatic rings. The Balaban J connectivity index is 1.42. The molecule has 3 N–H and O–H groups in total. The second-order valence-electron chi connectivity index (χ2n) is 8.60. The summed E-state index contributed by atoms with van der Waals surface area (Å²) in [6.07, 6.45) is 8.79. The van der Waals surface area contributed by atoms with Crippen molar-refractivity contribution in [3.05, 3.63) is 33.9 Å². The molecule has 5 rings (SSSR count). The van der Waals surface area contributed by atoms with Crippen LogP contribution in [0.2, 0.25) is 0 Å². The first-order valence-electron chi connectivity index (χ1n) is 9.91. The predicted octanol–water partition coefficient (Wildman–Crippen LogP) is 1.83. The van der Waals surface area contributed by atoms with Gasteiger partial charge in [0.25, 0.3) is 5.91 Å². The van der Waals surface area contributed by atoms with Gasteiger partial charge >= 0.3 is 0 Å². The molecule has 1 heterocycles. The molecule has 0 aromatic heterocycles. The fourth-order valence-corrected chi connectivity index (χ4v) is 7.55. The lowest BCUT2D eigenvalue weighted by atomic mass is 9.92. The Bertz CT molecular complexity index is 876. The first-order valence-corrected chi connectivity index (χ1v) is 11.6. The highest BCUT2D eigenvalue weighted by Crippen LogP contribution is 2.54. The third-order valence-corrected chi connectivity index (χ3v) is 8.94. The van der Waals surface area contributed by atoms with Gasteiger partial charge in [-0.1, -0.05) is 6.07 Å². The first kappa shape index (κ1) is 16.9. The van der Waals surface area contributed by atoms with Crippen molar-refractivity contribution < 1.29 is 9.00 Å². The molecule has 3 aliphatic carbocycles. The number of carbonyl (C=O) groups excluding carboxylic acids is 1. The van der Waals surface area contributed by atoms with Crippen molar-refractivity contribution in [1.29, 1.82) is 0 Å². The minimum absolute atomic E-state index is 0.0326. The standard InChI is InChI=1S/C20H27N3O2S/c21-26(25,18-11-20(18)7-8-22-12-20)23-19(24)10-17-15-5-1-3-13(15)9-14-4-2-6-16(14)17/h9,18,22H,1-8,10-12H2,(H2,21,23,24,25). The number of nitrogens with zero attached hydrogens (tertiary/aromatic N) is 1. The van der Waals surface area contributed by atoms with E-state index in [2.05, 4.69) is 15.7 Å². The SMILES string of the molecule is NS(=O)(=NC(=O)Cc1c2c(cc3c1CCC3)CCC2)C1CC12CCNC2. The van der Waals surface area contributed by atoms with Gasteiger partial charge in [0.2, 0.25) is 0 Å². The van der Waals surface area contributed by atoms with E-state index in [0.717, 1.165) is 51.6 Å². The lowest BCUT2D eigenvalue weighted by Gasteiger charge is -2.14. The molecule has 1 saturated heterocycles. The third kappa shape index (κ3) is 2.65. The smallest absolute Gasteiger partial charge is 0.259 e. The maximum Gasteiger partial charge on any atom is 0.259 e. The lowest BCUT2D eigenvalue weighted by Crippen LogP contribution is -2.26. The minimum atomic E-state index is -2.94. The van der Waals surface area contributed by atoms with Crippen molar-refractivity contribution in [2.45, 2.75) is 63.0 Å². The van der Waals surface area contributed by atoms with E-state index in [4.69, 9.17) is 5.14 Å². The molecule has 26 heavy (non-hydrogen) atoms. The number of aryl methyl sites for hydroxylation is 2. The first-order chi connectivity index (χ1) is 12.5. The molecule has 3 unspecified atom stereocenters. The van der Waals surface area contributed by atoms with Gasteiger partial charge in [0.1, 0.15) is 9.92 Å². The van der Waals surface area contributed by atoms with Gasteiger partial charge in [-0.25, -0.2) is 9.35 Å². The second-order valence-corrected chi connectivity index (χ2v) is 10.6. The van der Waals surface area contributed by atoms with Gasteiger partial charge in [-0.3, -0.25) is 4.79 Å². The molecular weight excluding hydrogens is 346 g/mol. The Morgan fingerprint density at radius 3 is 2.54 bits per heavy atom. The summed E-state index contributed by atoms with van der Waals surface area (Å²) in [7, 11) is -2.94. The molecular formula is C20H27N3O2S. The lowest BCUT2D eigenvalue weighted by molar-refractivity contribution is -0.117. The van der Waals surface area contributed by atoms with Gasteiger partial charge in [0.05, 0.1) is 11.7 Å². The van der Waals surface area contributed by atoms with Gasteiger partial charge in [0.15, 0.2) is 0 Å². The average molecular weight is 374 g/mol. The highest BCUT2D eigenvalue weighted by molar-refractivity contribution is 7.92. The number of nitrogens with one attached hydrogen (secondary N) is 1. The molecule has 1 spiro atoms. The summed E-state index contributed by atoms with van der Waals surface area (Å²) in [5, 5.41) is 9.26. The summed E-state index contributed by atoms with van der Waals surface area (Å²) in [5.74, 6) is -0.292. The monoisotopic (exact) mass is 373 g/mol. The molecule has 1 aliphatic heterocycles. The van der Waals surface area contributed by atoms with Gasteiger partial charge in [-0.05, 0) is 85.7 Å². The van der Waals surface area contributed by atoms with E-state index < -0.39 is 9.92 Å². The molecule has 1 amide bonds. The average Bonchev–Trinajstić information content (AvgIpc) is 3.00. The normalized spacial score (nSPS) is 30.9. The van der Waals surface area contributed by atoms with Crippen LogP contribution in [0.1, 0.15) is 53.5 Å². The number of nitrogens with two attached hydrogens (primary N) is 1. The fraction of sp³-hybridized carbons (Fsp3) is 0.650. The second kappa shape index (κ2) is 5.88. The van der Waals surface area contributed by atoms with Crippen molar-refractivity contribution >= 4 is 15.8 Å². The van der Waals surface area contributed by atoms with Crippen molar-refractivity contribution in [2.75, 3.05) is 13.1 Å². The van der Waals surface area contributed by atoms with Crippen LogP contribution in [0, 0.1) is 5.41 Å². The Hall–Kier alpha value is -1.24. The molecule has 6 heteroatoms. The number of hydrogen-bond donors (Lipinski definition) is 2. The molecule has 5 nitrogen and oxygen atoms in total. The predicted molar refractivity (Wildman–Crippen MR) is 102 cm³/mol. The van der Waals surface area contributed by atoms with Gasteiger partial charge < -0.3 is 5.32 Å².